The van der Waals surface area contributed by atoms with Crippen LogP contribution in [0.2, 0.25) is 0 Å². The third-order valence-electron chi connectivity index (χ3n) is 4.83. The Morgan fingerprint density at radius 3 is 1.84 bits per heavy atom. The predicted octanol–water partition coefficient (Wildman–Crippen LogP) is 4.84. The van der Waals surface area contributed by atoms with Gasteiger partial charge in [-0.2, -0.15) is 0 Å². The summed E-state index contributed by atoms with van der Waals surface area (Å²) in [5.74, 6) is -2.50. The largest absolute Gasteiger partial charge is 0.514 e. The minimum absolute atomic E-state index is 0.155. The van der Waals surface area contributed by atoms with Gasteiger partial charge < -0.3 is 28.8 Å². The lowest BCUT2D eigenvalue weighted by Gasteiger charge is -2.35. The van der Waals surface area contributed by atoms with Gasteiger partial charge >= 0.3 is 24.2 Å². The van der Waals surface area contributed by atoms with Crippen LogP contribution in [-0.2, 0) is 30.2 Å². The van der Waals surface area contributed by atoms with E-state index in [0.29, 0.717) is 12.0 Å². The van der Waals surface area contributed by atoms with Crippen LogP contribution in [0.25, 0.3) is 0 Å². The Morgan fingerprint density at radius 2 is 1.41 bits per heavy atom. The Hall–Kier alpha value is -3.34. The number of benzene rings is 1. The molecule has 2 atom stereocenters. The van der Waals surface area contributed by atoms with E-state index in [-0.39, 0.29) is 24.0 Å². The monoisotopic (exact) mass is 525 g/mol. The van der Waals surface area contributed by atoms with Gasteiger partial charge in [0.2, 0.25) is 0 Å². The Balaban J connectivity index is 3.50. The summed E-state index contributed by atoms with van der Waals surface area (Å²) in [7, 11) is 0. The molecule has 0 radical (unpaired) electrons. The van der Waals surface area contributed by atoms with Gasteiger partial charge in [-0.1, -0.05) is 13.0 Å². The number of carbonyl (C=O) groups is 4. The second kappa shape index (κ2) is 13.3. The minimum Gasteiger partial charge on any atom is -0.477 e. The van der Waals surface area contributed by atoms with E-state index >= 15 is 0 Å². The van der Waals surface area contributed by atoms with Crippen molar-refractivity contribution in [2.75, 3.05) is 0 Å². The molecule has 1 rings (SSSR count). The highest BCUT2D eigenvalue weighted by Gasteiger charge is 2.46. The van der Waals surface area contributed by atoms with Crippen molar-refractivity contribution in [1.82, 2.24) is 5.32 Å². The highest BCUT2D eigenvalue weighted by Crippen LogP contribution is 2.32. The number of esters is 1. The fourth-order valence-electron chi connectivity index (χ4n) is 2.84. The highest BCUT2D eigenvalue weighted by atomic mass is 16.7. The maximum absolute atomic E-state index is 12.7. The van der Waals surface area contributed by atoms with E-state index in [2.05, 4.69) is 5.32 Å². The number of rotatable bonds is 11. The highest BCUT2D eigenvalue weighted by molar-refractivity contribution is 5.84. The first-order chi connectivity index (χ1) is 17.0. The van der Waals surface area contributed by atoms with Crippen molar-refractivity contribution in [3.05, 3.63) is 23.8 Å². The topological polar surface area (TPSA) is 147 Å². The Bertz CT molecular complexity index is 967. The zero-order chi connectivity index (χ0) is 28.6. The van der Waals surface area contributed by atoms with Gasteiger partial charge in [-0.25, -0.2) is 14.4 Å². The summed E-state index contributed by atoms with van der Waals surface area (Å²) >= 11 is 0. The van der Waals surface area contributed by atoms with E-state index in [1.54, 1.807) is 55.4 Å². The van der Waals surface area contributed by atoms with Gasteiger partial charge in [0.15, 0.2) is 11.5 Å². The summed E-state index contributed by atoms with van der Waals surface area (Å²) in [5, 5.41) is 13.1. The number of ether oxygens (including phenoxy) is 5. The summed E-state index contributed by atoms with van der Waals surface area (Å²) in [6.07, 6.45) is -2.80. The zero-order valence-electron chi connectivity index (χ0n) is 23.0. The molecule has 0 heterocycles. The summed E-state index contributed by atoms with van der Waals surface area (Å²) in [6, 6.07) is 3.75. The van der Waals surface area contributed by atoms with Crippen LogP contribution in [0.4, 0.5) is 9.59 Å². The van der Waals surface area contributed by atoms with E-state index in [1.165, 1.54) is 18.2 Å². The molecule has 0 saturated heterocycles. The molecule has 11 nitrogen and oxygen atoms in total. The Kier molecular flexibility index (Phi) is 11.4. The standard InChI is InChI=1S/C26H39NO10/c1-10-17(6)27-26(21(28)29,37-22(30)25(7,8)9)14-18-11-12-19(35-23(31)33-15(2)3)20(13-18)36-24(32)34-16(4)5/h11-13,15-17,27H,10,14H2,1-9H3,(H,28,29)/t17?,26-/m0/s1. The van der Waals surface area contributed by atoms with Gasteiger partial charge in [0.25, 0.3) is 5.72 Å². The molecule has 1 unspecified atom stereocenters. The summed E-state index contributed by atoms with van der Waals surface area (Å²) in [6.45, 7) is 15.0. The number of hydrogen-bond acceptors (Lipinski definition) is 10. The number of nitrogens with one attached hydrogen (secondary N) is 1. The van der Waals surface area contributed by atoms with Gasteiger partial charge in [0, 0.05) is 12.5 Å². The summed E-state index contributed by atoms with van der Waals surface area (Å²) in [5.41, 5.74) is -2.80. The van der Waals surface area contributed by atoms with Gasteiger partial charge in [-0.15, -0.1) is 0 Å². The molecule has 0 aliphatic rings. The van der Waals surface area contributed by atoms with Crippen molar-refractivity contribution in [1.29, 1.82) is 0 Å². The lowest BCUT2D eigenvalue weighted by Crippen LogP contribution is -2.60. The number of hydrogen-bond donors (Lipinski definition) is 2. The zero-order valence-corrected chi connectivity index (χ0v) is 23.0. The molecular weight excluding hydrogens is 486 g/mol. The molecule has 1 aromatic rings. The van der Waals surface area contributed by atoms with Crippen LogP contribution in [-0.4, -0.2) is 53.3 Å². The van der Waals surface area contributed by atoms with Crippen LogP contribution in [0.15, 0.2) is 18.2 Å². The van der Waals surface area contributed by atoms with E-state index in [9.17, 15) is 24.3 Å². The molecule has 208 valence electrons. The van der Waals surface area contributed by atoms with Crippen molar-refractivity contribution in [2.24, 2.45) is 5.41 Å². The average Bonchev–Trinajstić information content (AvgIpc) is 2.73. The molecule has 1 aromatic carbocycles. The van der Waals surface area contributed by atoms with Crippen LogP contribution >= 0.6 is 0 Å². The van der Waals surface area contributed by atoms with Gasteiger partial charge in [-0.05, 0) is 79.5 Å². The molecule has 37 heavy (non-hydrogen) atoms. The first-order valence-corrected chi connectivity index (χ1v) is 12.1. The van der Waals surface area contributed by atoms with Crippen LogP contribution in [0.5, 0.6) is 11.5 Å². The average molecular weight is 526 g/mol. The number of carboxylic acid groups (broad SMARTS) is 1. The lowest BCUT2D eigenvalue weighted by atomic mass is 9.95. The van der Waals surface area contributed by atoms with Crippen molar-refractivity contribution in [3.8, 4) is 11.5 Å². The van der Waals surface area contributed by atoms with Crippen LogP contribution in [0.1, 0.15) is 74.3 Å². The fourth-order valence-corrected chi connectivity index (χ4v) is 2.84. The van der Waals surface area contributed by atoms with Gasteiger partial charge in [-0.3, -0.25) is 10.1 Å². The molecule has 0 aliphatic heterocycles. The van der Waals surface area contributed by atoms with Crippen LogP contribution in [0, 0.1) is 5.41 Å². The predicted molar refractivity (Wildman–Crippen MR) is 133 cm³/mol. The summed E-state index contributed by atoms with van der Waals surface area (Å²) < 4.78 is 26.0. The molecule has 11 heteroatoms. The molecule has 2 N–H and O–H groups in total. The second-order valence-electron chi connectivity index (χ2n) is 10.2. The third-order valence-corrected chi connectivity index (χ3v) is 4.83. The normalized spacial score (nSPS) is 13.9. The van der Waals surface area contributed by atoms with Crippen molar-refractivity contribution in [3.63, 3.8) is 0 Å². The first kappa shape index (κ1) is 31.7. The molecule has 0 spiro atoms. The molecule has 0 fully saturated rings. The summed E-state index contributed by atoms with van der Waals surface area (Å²) in [4.78, 5) is 49.5. The molecule has 0 bridgehead atoms. The van der Waals surface area contributed by atoms with Crippen molar-refractivity contribution >= 4 is 24.2 Å². The van der Waals surface area contributed by atoms with Crippen LogP contribution in [0.3, 0.4) is 0 Å². The lowest BCUT2D eigenvalue weighted by molar-refractivity contribution is -0.190. The first-order valence-electron chi connectivity index (χ1n) is 12.1. The van der Waals surface area contributed by atoms with Gasteiger partial charge in [0.1, 0.15) is 0 Å². The van der Waals surface area contributed by atoms with E-state index in [1.807, 2.05) is 6.92 Å². The molecule has 0 aliphatic carbocycles. The Morgan fingerprint density at radius 1 is 0.892 bits per heavy atom. The fraction of sp³-hybridized carbons (Fsp3) is 0.615. The smallest absolute Gasteiger partial charge is 0.477 e. The second-order valence-corrected chi connectivity index (χ2v) is 10.2. The number of aliphatic carboxylic acids is 1. The molecule has 0 aromatic heterocycles. The van der Waals surface area contributed by atoms with E-state index in [4.69, 9.17) is 23.7 Å². The van der Waals surface area contributed by atoms with E-state index in [0.717, 1.165) is 0 Å². The number of carboxylic acids is 1. The SMILES string of the molecule is CCC(C)N[C@@](Cc1ccc(OC(=O)OC(C)C)c(OC(=O)OC(C)C)c1)(OC(=O)C(C)(C)C)C(=O)O. The quantitative estimate of drug-likeness (QED) is 0.177. The molecular formula is C26H39NO10. The Labute approximate surface area is 217 Å². The maximum Gasteiger partial charge on any atom is 0.514 e. The molecule has 0 amide bonds. The minimum atomic E-state index is -2.13. The third kappa shape index (κ3) is 10.3. The van der Waals surface area contributed by atoms with Crippen LogP contribution < -0.4 is 14.8 Å². The maximum atomic E-state index is 12.7. The van der Waals surface area contributed by atoms with Gasteiger partial charge in [0.05, 0.1) is 17.6 Å². The van der Waals surface area contributed by atoms with Crippen molar-refractivity contribution < 1.29 is 48.0 Å². The van der Waals surface area contributed by atoms with Crippen molar-refractivity contribution in [2.45, 2.75) is 99.1 Å². The molecule has 0 saturated carbocycles. The number of carbonyl (C=O) groups excluding carboxylic acids is 3. The van der Waals surface area contributed by atoms with E-state index < -0.39 is 47.6 Å².